The summed E-state index contributed by atoms with van der Waals surface area (Å²) < 4.78 is 0. The van der Waals surface area contributed by atoms with Gasteiger partial charge in [-0.15, -0.1) is 0 Å². The molecule has 7 aromatic rings. The van der Waals surface area contributed by atoms with Crippen molar-refractivity contribution >= 4 is 24.3 Å². The van der Waals surface area contributed by atoms with Gasteiger partial charge in [0.15, 0.2) is 0 Å². The first kappa shape index (κ1) is 40.2. The third kappa shape index (κ3) is 12.0. The van der Waals surface area contributed by atoms with Crippen LogP contribution in [0.4, 0.5) is 0 Å². The SMILES string of the molecule is CC(c1ccccc1)c1ccccc1.CC(c1ccccc1)c1ccccc1.Cc1ccc(/C=C/c2cc(C#N)c(/C=C/c3ccc(C)cc3)cc2C#N)cc1. The second kappa shape index (κ2) is 21.0. The van der Waals surface area contributed by atoms with Crippen LogP contribution < -0.4 is 0 Å². The highest BCUT2D eigenvalue weighted by molar-refractivity contribution is 5.78. The Labute approximate surface area is 334 Å². The maximum absolute atomic E-state index is 9.56. The molecule has 2 nitrogen and oxygen atoms in total. The fraction of sp³-hybridized carbons (Fsp3) is 0.111. The lowest BCUT2D eigenvalue weighted by molar-refractivity contribution is 0.922. The Morgan fingerprint density at radius 2 is 0.643 bits per heavy atom. The summed E-state index contributed by atoms with van der Waals surface area (Å²) in [4.78, 5) is 0. The third-order valence-electron chi connectivity index (χ3n) is 9.73. The van der Waals surface area contributed by atoms with Crippen LogP contribution in [0.25, 0.3) is 24.3 Å². The van der Waals surface area contributed by atoms with E-state index in [2.05, 4.69) is 147 Å². The molecular formula is C54H48N2. The van der Waals surface area contributed by atoms with Gasteiger partial charge in [-0.05, 0) is 70.5 Å². The van der Waals surface area contributed by atoms with E-state index in [0.29, 0.717) is 23.0 Å². The number of rotatable bonds is 8. The average molecular weight is 725 g/mol. The molecule has 0 aliphatic rings. The fourth-order valence-corrected chi connectivity index (χ4v) is 6.18. The second-order valence-corrected chi connectivity index (χ2v) is 13.8. The standard InChI is InChI=1S/C26H20N2.2C14H14/c1-19-3-7-21(8-4-19)11-13-23-15-26(18-28)24(16-25(23)17-27)14-12-22-9-5-20(2)6-10-22;2*1-12(13-8-4-2-5-9-13)14-10-6-3-7-11-14/h3-16H,1-2H3;2*2-12H,1H3/b13-11+,14-12+;;. The smallest absolute Gasteiger partial charge is 0.0998 e. The van der Waals surface area contributed by atoms with Crippen molar-refractivity contribution in [1.29, 1.82) is 10.5 Å². The molecule has 0 aromatic heterocycles. The summed E-state index contributed by atoms with van der Waals surface area (Å²) in [6.07, 6.45) is 7.69. The minimum absolute atomic E-state index is 0.484. The highest BCUT2D eigenvalue weighted by Gasteiger charge is 2.08. The van der Waals surface area contributed by atoms with E-state index in [4.69, 9.17) is 0 Å². The van der Waals surface area contributed by atoms with E-state index in [9.17, 15) is 10.5 Å². The van der Waals surface area contributed by atoms with Crippen molar-refractivity contribution in [3.8, 4) is 12.1 Å². The molecule has 0 saturated heterocycles. The van der Waals surface area contributed by atoms with Crippen LogP contribution in [0, 0.1) is 36.5 Å². The number of benzene rings is 7. The first-order chi connectivity index (χ1) is 27.3. The Bertz CT molecular complexity index is 2130. The van der Waals surface area contributed by atoms with Crippen molar-refractivity contribution in [2.24, 2.45) is 0 Å². The maximum Gasteiger partial charge on any atom is 0.0998 e. The van der Waals surface area contributed by atoms with Gasteiger partial charge in [0.05, 0.1) is 23.3 Å². The van der Waals surface area contributed by atoms with Crippen molar-refractivity contribution in [2.75, 3.05) is 0 Å². The van der Waals surface area contributed by atoms with Gasteiger partial charge in [-0.1, -0.05) is 219 Å². The van der Waals surface area contributed by atoms with Gasteiger partial charge in [0.25, 0.3) is 0 Å². The Balaban J connectivity index is 0.000000179. The van der Waals surface area contributed by atoms with E-state index >= 15 is 0 Å². The number of hydrogen-bond donors (Lipinski definition) is 0. The molecule has 0 spiro atoms. The molecule has 2 heteroatoms. The zero-order valence-electron chi connectivity index (χ0n) is 32.7. The molecule has 0 amide bonds. The van der Waals surface area contributed by atoms with E-state index in [1.165, 1.54) is 33.4 Å². The summed E-state index contributed by atoms with van der Waals surface area (Å²) in [6.45, 7) is 8.57. The highest BCUT2D eigenvalue weighted by atomic mass is 14.3. The van der Waals surface area contributed by atoms with Crippen molar-refractivity contribution in [3.05, 3.63) is 249 Å². The molecule has 7 rings (SSSR count). The van der Waals surface area contributed by atoms with Crippen LogP contribution >= 0.6 is 0 Å². The van der Waals surface area contributed by atoms with Gasteiger partial charge >= 0.3 is 0 Å². The molecule has 0 aliphatic heterocycles. The van der Waals surface area contributed by atoms with Gasteiger partial charge in [-0.25, -0.2) is 0 Å². The van der Waals surface area contributed by atoms with E-state index in [1.54, 1.807) is 12.1 Å². The van der Waals surface area contributed by atoms with Crippen LogP contribution in [0.15, 0.2) is 182 Å². The van der Waals surface area contributed by atoms with Gasteiger partial charge in [0.1, 0.15) is 0 Å². The topological polar surface area (TPSA) is 47.6 Å². The van der Waals surface area contributed by atoms with Crippen LogP contribution in [0.5, 0.6) is 0 Å². The molecular weight excluding hydrogens is 677 g/mol. The summed E-state index contributed by atoms with van der Waals surface area (Å²) in [7, 11) is 0. The highest BCUT2D eigenvalue weighted by Crippen LogP contribution is 2.25. The van der Waals surface area contributed by atoms with Crippen molar-refractivity contribution in [1.82, 2.24) is 0 Å². The molecule has 0 N–H and O–H groups in total. The molecule has 7 aromatic carbocycles. The fourth-order valence-electron chi connectivity index (χ4n) is 6.18. The molecule has 0 heterocycles. The van der Waals surface area contributed by atoms with Crippen molar-refractivity contribution in [3.63, 3.8) is 0 Å². The summed E-state index contributed by atoms with van der Waals surface area (Å²) in [5.41, 5.74) is 12.6. The van der Waals surface area contributed by atoms with Crippen molar-refractivity contribution < 1.29 is 0 Å². The first-order valence-corrected chi connectivity index (χ1v) is 19.0. The molecule has 274 valence electrons. The minimum atomic E-state index is 0.484. The van der Waals surface area contributed by atoms with Gasteiger partial charge in [-0.3, -0.25) is 0 Å². The van der Waals surface area contributed by atoms with Gasteiger partial charge in [0.2, 0.25) is 0 Å². The van der Waals surface area contributed by atoms with Gasteiger partial charge < -0.3 is 0 Å². The summed E-state index contributed by atoms with van der Waals surface area (Å²) >= 11 is 0. The number of hydrogen-bond acceptors (Lipinski definition) is 2. The zero-order chi connectivity index (χ0) is 39.5. The van der Waals surface area contributed by atoms with Gasteiger partial charge in [-0.2, -0.15) is 10.5 Å². The Hall–Kier alpha value is -7.00. The van der Waals surface area contributed by atoms with Gasteiger partial charge in [0, 0.05) is 11.8 Å². The molecule has 0 bridgehead atoms. The molecule has 56 heavy (non-hydrogen) atoms. The summed E-state index contributed by atoms with van der Waals surface area (Å²) in [5.74, 6) is 0.967. The van der Waals surface area contributed by atoms with Crippen LogP contribution in [-0.2, 0) is 0 Å². The van der Waals surface area contributed by atoms with E-state index < -0.39 is 0 Å². The Kier molecular flexibility index (Phi) is 15.1. The third-order valence-corrected chi connectivity index (χ3v) is 9.73. The first-order valence-electron chi connectivity index (χ1n) is 19.0. The van der Waals surface area contributed by atoms with Crippen molar-refractivity contribution in [2.45, 2.75) is 39.5 Å². The number of aryl methyl sites for hydroxylation is 2. The number of nitriles is 2. The molecule has 0 aliphatic carbocycles. The summed E-state index contributed by atoms with van der Waals surface area (Å²) in [5, 5.41) is 19.1. The largest absolute Gasteiger partial charge is 0.192 e. The summed E-state index contributed by atoms with van der Waals surface area (Å²) in [6, 6.07) is 66.7. The maximum atomic E-state index is 9.56. The number of nitrogens with zero attached hydrogens (tertiary/aromatic N) is 2. The Morgan fingerprint density at radius 3 is 0.893 bits per heavy atom. The van der Waals surface area contributed by atoms with Crippen LogP contribution in [0.2, 0.25) is 0 Å². The van der Waals surface area contributed by atoms with Crippen LogP contribution in [0.3, 0.4) is 0 Å². The monoisotopic (exact) mass is 724 g/mol. The quantitative estimate of drug-likeness (QED) is 0.147. The lowest BCUT2D eigenvalue weighted by Crippen LogP contribution is -1.94. The molecule has 0 radical (unpaired) electrons. The Morgan fingerprint density at radius 1 is 0.375 bits per heavy atom. The lowest BCUT2D eigenvalue weighted by Gasteiger charge is -2.11. The van der Waals surface area contributed by atoms with Crippen LogP contribution in [0.1, 0.15) is 92.4 Å². The predicted octanol–water partition coefficient (Wildman–Crippen LogP) is 14.1. The van der Waals surface area contributed by atoms with E-state index in [0.717, 1.165) is 22.3 Å². The lowest BCUT2D eigenvalue weighted by atomic mass is 9.93. The minimum Gasteiger partial charge on any atom is -0.192 e. The van der Waals surface area contributed by atoms with E-state index in [-0.39, 0.29) is 0 Å². The second-order valence-electron chi connectivity index (χ2n) is 13.8. The average Bonchev–Trinajstić information content (AvgIpc) is 3.27. The van der Waals surface area contributed by atoms with E-state index in [1.807, 2.05) is 86.7 Å². The molecule has 0 atom stereocenters. The van der Waals surface area contributed by atoms with Crippen LogP contribution in [-0.4, -0.2) is 0 Å². The normalized spacial score (nSPS) is 10.6. The zero-order valence-corrected chi connectivity index (χ0v) is 32.7. The molecule has 0 fully saturated rings. The molecule has 0 unspecified atom stereocenters. The molecule has 0 saturated carbocycles. The predicted molar refractivity (Wildman–Crippen MR) is 237 cm³/mol.